The molecule has 0 fully saturated rings. The zero-order valence-corrected chi connectivity index (χ0v) is 14.0. The highest BCUT2D eigenvalue weighted by atomic mass is 16.2. The van der Waals surface area contributed by atoms with Gasteiger partial charge in [-0.3, -0.25) is 9.59 Å². The van der Waals surface area contributed by atoms with Gasteiger partial charge in [0.15, 0.2) is 0 Å². The molecule has 2 aromatic carbocycles. The van der Waals surface area contributed by atoms with Crippen LogP contribution in [0.15, 0.2) is 60.3 Å². The van der Waals surface area contributed by atoms with E-state index >= 15 is 0 Å². The van der Waals surface area contributed by atoms with Crippen LogP contribution >= 0.6 is 0 Å². The molecule has 2 N–H and O–H groups in total. The molecule has 4 heteroatoms. The Morgan fingerprint density at radius 2 is 1.67 bits per heavy atom. The minimum Gasteiger partial charge on any atom is -0.386 e. The lowest BCUT2D eigenvalue weighted by Gasteiger charge is -2.22. The molecule has 0 aliphatic carbocycles. The first-order chi connectivity index (χ1) is 11.3. The fourth-order valence-electron chi connectivity index (χ4n) is 2.51. The number of ketones is 1. The van der Waals surface area contributed by atoms with E-state index in [0.29, 0.717) is 11.3 Å². The number of carbonyl (C=O) groups excluding carboxylic acids is 2. The van der Waals surface area contributed by atoms with Crippen LogP contribution in [0, 0.1) is 0 Å². The van der Waals surface area contributed by atoms with Crippen molar-refractivity contribution in [3.8, 4) is 11.1 Å². The maximum atomic E-state index is 12.8. The van der Waals surface area contributed by atoms with Crippen molar-refractivity contribution < 1.29 is 9.59 Å². The van der Waals surface area contributed by atoms with Crippen LogP contribution in [0.4, 0.5) is 5.69 Å². The van der Waals surface area contributed by atoms with E-state index in [1.54, 1.807) is 6.07 Å². The molecule has 0 saturated carbocycles. The van der Waals surface area contributed by atoms with Crippen molar-refractivity contribution in [2.75, 3.05) is 5.32 Å². The largest absolute Gasteiger partial charge is 0.386 e. The van der Waals surface area contributed by atoms with E-state index in [9.17, 15) is 9.59 Å². The van der Waals surface area contributed by atoms with E-state index < -0.39 is 0 Å². The van der Waals surface area contributed by atoms with Crippen molar-refractivity contribution in [2.45, 2.75) is 26.3 Å². The molecule has 3 rings (SSSR count). The van der Waals surface area contributed by atoms with Gasteiger partial charge in [0.05, 0.1) is 5.69 Å². The van der Waals surface area contributed by atoms with Gasteiger partial charge in [-0.15, -0.1) is 0 Å². The standard InChI is InChI=1S/C20H20N2O2/c1-20(2,3)21-12-16-18(23)15-11-14(13-7-5-4-6-8-13)9-10-17(15)22-19(16)24/h4-12,21H,1-3H3,(H,22,24)/b16-12-. The zero-order valence-electron chi connectivity index (χ0n) is 14.0. The molecule has 24 heavy (non-hydrogen) atoms. The monoisotopic (exact) mass is 320 g/mol. The lowest BCUT2D eigenvalue weighted by Crippen LogP contribution is -2.35. The average Bonchev–Trinajstić information content (AvgIpc) is 2.54. The van der Waals surface area contributed by atoms with Gasteiger partial charge in [0.2, 0.25) is 5.78 Å². The van der Waals surface area contributed by atoms with Crippen molar-refractivity contribution in [3.63, 3.8) is 0 Å². The third kappa shape index (κ3) is 3.23. The van der Waals surface area contributed by atoms with Crippen molar-refractivity contribution in [1.29, 1.82) is 0 Å². The summed E-state index contributed by atoms with van der Waals surface area (Å²) in [5, 5.41) is 5.87. The smallest absolute Gasteiger partial charge is 0.261 e. The van der Waals surface area contributed by atoms with Crippen molar-refractivity contribution >= 4 is 17.4 Å². The Morgan fingerprint density at radius 3 is 2.33 bits per heavy atom. The number of hydrogen-bond donors (Lipinski definition) is 2. The second-order valence-electron chi connectivity index (χ2n) is 6.86. The topological polar surface area (TPSA) is 58.2 Å². The molecule has 0 unspecified atom stereocenters. The molecule has 122 valence electrons. The first-order valence-corrected chi connectivity index (χ1v) is 7.88. The van der Waals surface area contributed by atoms with Gasteiger partial charge in [0.25, 0.3) is 5.91 Å². The van der Waals surface area contributed by atoms with Crippen LogP contribution in [-0.2, 0) is 4.79 Å². The molecule has 1 amide bonds. The lowest BCUT2D eigenvalue weighted by molar-refractivity contribution is -0.112. The van der Waals surface area contributed by atoms with Gasteiger partial charge >= 0.3 is 0 Å². The van der Waals surface area contributed by atoms with Crippen LogP contribution < -0.4 is 10.6 Å². The molecule has 2 aromatic rings. The first-order valence-electron chi connectivity index (χ1n) is 7.88. The second kappa shape index (κ2) is 5.96. The first kappa shape index (κ1) is 16.0. The Bertz CT molecular complexity index is 830. The molecular formula is C20H20N2O2. The van der Waals surface area contributed by atoms with Crippen molar-refractivity contribution in [1.82, 2.24) is 5.32 Å². The summed E-state index contributed by atoms with van der Waals surface area (Å²) in [5.74, 6) is -0.639. The SMILES string of the molecule is CC(C)(C)N/C=C1\C(=O)Nc2ccc(-c3ccccc3)cc2C1=O. The fraction of sp³-hybridized carbons (Fsp3) is 0.200. The summed E-state index contributed by atoms with van der Waals surface area (Å²) in [6, 6.07) is 15.4. The highest BCUT2D eigenvalue weighted by Gasteiger charge is 2.29. The van der Waals surface area contributed by atoms with Crippen molar-refractivity contribution in [3.05, 3.63) is 65.9 Å². The summed E-state index contributed by atoms with van der Waals surface area (Å²) < 4.78 is 0. The number of anilines is 1. The molecular weight excluding hydrogens is 300 g/mol. The van der Waals surface area contributed by atoms with Crippen LogP contribution in [-0.4, -0.2) is 17.2 Å². The maximum absolute atomic E-state index is 12.8. The minimum atomic E-state index is -0.378. The fourth-order valence-corrected chi connectivity index (χ4v) is 2.51. The van der Waals surface area contributed by atoms with Gasteiger partial charge in [-0.2, -0.15) is 0 Å². The normalized spacial score (nSPS) is 15.9. The number of rotatable bonds is 2. The molecule has 4 nitrogen and oxygen atoms in total. The molecule has 0 atom stereocenters. The Morgan fingerprint density at radius 1 is 0.958 bits per heavy atom. The Balaban J connectivity index is 2.00. The quantitative estimate of drug-likeness (QED) is 0.654. The third-order valence-electron chi connectivity index (χ3n) is 3.76. The third-order valence-corrected chi connectivity index (χ3v) is 3.76. The van der Waals surface area contributed by atoms with Gasteiger partial charge in [0.1, 0.15) is 5.57 Å². The minimum absolute atomic E-state index is 0.127. The van der Waals surface area contributed by atoms with Gasteiger partial charge in [-0.05, 0) is 44.0 Å². The summed E-state index contributed by atoms with van der Waals surface area (Å²) in [6.07, 6.45) is 1.51. The molecule has 1 aliphatic rings. The average molecular weight is 320 g/mol. The second-order valence-corrected chi connectivity index (χ2v) is 6.86. The van der Waals surface area contributed by atoms with E-state index in [2.05, 4.69) is 10.6 Å². The van der Waals surface area contributed by atoms with Crippen LogP contribution in [0.25, 0.3) is 11.1 Å². The number of benzene rings is 2. The summed E-state index contributed by atoms with van der Waals surface area (Å²) in [7, 11) is 0. The molecule has 0 spiro atoms. The van der Waals surface area contributed by atoms with Gasteiger partial charge < -0.3 is 10.6 Å². The molecule has 0 saturated heterocycles. The lowest BCUT2D eigenvalue weighted by atomic mass is 9.93. The predicted octanol–water partition coefficient (Wildman–Crippen LogP) is 3.76. The number of carbonyl (C=O) groups is 2. The van der Waals surface area contributed by atoms with Gasteiger partial charge in [-0.1, -0.05) is 36.4 Å². The van der Waals surface area contributed by atoms with E-state index in [0.717, 1.165) is 11.1 Å². The Hall–Kier alpha value is -2.88. The highest BCUT2D eigenvalue weighted by Crippen LogP contribution is 2.30. The highest BCUT2D eigenvalue weighted by molar-refractivity contribution is 6.34. The van der Waals surface area contributed by atoms with Crippen LogP contribution in [0.3, 0.4) is 0 Å². The summed E-state index contributed by atoms with van der Waals surface area (Å²) in [6.45, 7) is 5.91. The van der Waals surface area contributed by atoms with E-state index in [1.807, 2.05) is 63.2 Å². The summed E-state index contributed by atoms with van der Waals surface area (Å²) in [5.41, 5.74) is 2.95. The predicted molar refractivity (Wildman–Crippen MR) is 95.8 cm³/mol. The van der Waals surface area contributed by atoms with Crippen LogP contribution in [0.1, 0.15) is 31.1 Å². The van der Waals surface area contributed by atoms with Crippen LogP contribution in [0.5, 0.6) is 0 Å². The maximum Gasteiger partial charge on any atom is 0.261 e. The number of nitrogens with one attached hydrogen (secondary N) is 2. The molecule has 0 bridgehead atoms. The summed E-state index contributed by atoms with van der Waals surface area (Å²) >= 11 is 0. The number of fused-ring (bicyclic) bond motifs is 1. The van der Waals surface area contributed by atoms with E-state index in [-0.39, 0.29) is 22.8 Å². The Kier molecular flexibility index (Phi) is 3.97. The van der Waals surface area contributed by atoms with Crippen LogP contribution in [0.2, 0.25) is 0 Å². The van der Waals surface area contributed by atoms with Gasteiger partial charge in [0, 0.05) is 17.3 Å². The van der Waals surface area contributed by atoms with E-state index in [1.165, 1.54) is 6.20 Å². The van der Waals surface area contributed by atoms with Gasteiger partial charge in [-0.25, -0.2) is 0 Å². The van der Waals surface area contributed by atoms with Crippen molar-refractivity contribution in [2.24, 2.45) is 0 Å². The molecule has 0 aromatic heterocycles. The number of amides is 1. The van der Waals surface area contributed by atoms with E-state index in [4.69, 9.17) is 0 Å². The molecule has 1 heterocycles. The summed E-state index contributed by atoms with van der Waals surface area (Å²) in [4.78, 5) is 25.0. The number of hydrogen-bond acceptors (Lipinski definition) is 3. The Labute approximate surface area is 141 Å². The zero-order chi connectivity index (χ0) is 17.3. The number of Topliss-reactive ketones (excluding diaryl/α,β-unsaturated/α-hetero) is 1. The molecule has 0 radical (unpaired) electrons. The molecule has 1 aliphatic heterocycles.